The van der Waals surface area contributed by atoms with Crippen molar-refractivity contribution in [1.82, 2.24) is 9.55 Å². The van der Waals surface area contributed by atoms with Crippen molar-refractivity contribution in [1.29, 1.82) is 0 Å². The van der Waals surface area contributed by atoms with Crippen LogP contribution in [0.2, 0.25) is 0 Å². The first-order valence-electron chi connectivity index (χ1n) is 7.20. The summed E-state index contributed by atoms with van der Waals surface area (Å²) in [6.07, 6.45) is 0.0790. The fourth-order valence-corrected chi connectivity index (χ4v) is 3.37. The number of benzene rings is 2. The molecule has 2 aliphatic heterocycles. The maximum absolute atomic E-state index is 6.22. The van der Waals surface area contributed by atoms with E-state index >= 15 is 0 Å². The third kappa shape index (κ3) is 1.43. The number of rotatable bonds is 1. The lowest BCUT2D eigenvalue weighted by molar-refractivity contribution is -0.162. The van der Waals surface area contributed by atoms with Crippen molar-refractivity contribution in [3.8, 4) is 0 Å². The van der Waals surface area contributed by atoms with Gasteiger partial charge in [-0.25, -0.2) is 4.98 Å². The Hall–Kier alpha value is -2.17. The van der Waals surface area contributed by atoms with E-state index in [0.29, 0.717) is 6.61 Å². The van der Waals surface area contributed by atoms with Crippen LogP contribution in [0.25, 0.3) is 11.0 Å². The molecule has 104 valence electrons. The first-order chi connectivity index (χ1) is 10.4. The standard InChI is InChI=1S/C17H14N2O2/c1-2-6-12(7-3-1)17-16-18-14-8-4-5-9-15(14)19(16)10-13(21-17)11-20-17/h1-9,13H,10-11H2/t13-,17+/m1/s1. The van der Waals surface area contributed by atoms with Crippen LogP contribution < -0.4 is 0 Å². The Labute approximate surface area is 121 Å². The molecule has 2 bridgehead atoms. The van der Waals surface area contributed by atoms with E-state index in [9.17, 15) is 0 Å². The summed E-state index contributed by atoms with van der Waals surface area (Å²) < 4.78 is 14.6. The van der Waals surface area contributed by atoms with Gasteiger partial charge in [0.05, 0.1) is 24.2 Å². The molecule has 1 aromatic heterocycles. The summed E-state index contributed by atoms with van der Waals surface area (Å²) in [7, 11) is 0. The number of para-hydroxylation sites is 2. The van der Waals surface area contributed by atoms with Crippen LogP contribution >= 0.6 is 0 Å². The first kappa shape index (κ1) is 11.5. The van der Waals surface area contributed by atoms with Crippen molar-refractivity contribution in [3.63, 3.8) is 0 Å². The summed E-state index contributed by atoms with van der Waals surface area (Å²) in [6.45, 7) is 1.40. The van der Waals surface area contributed by atoms with Gasteiger partial charge in [-0.2, -0.15) is 0 Å². The zero-order valence-electron chi connectivity index (χ0n) is 11.4. The largest absolute Gasteiger partial charge is 0.337 e. The molecule has 0 aliphatic carbocycles. The van der Waals surface area contributed by atoms with Gasteiger partial charge in [-0.15, -0.1) is 0 Å². The number of aromatic nitrogens is 2. The molecule has 1 fully saturated rings. The molecule has 4 heteroatoms. The average Bonchev–Trinajstić information content (AvgIpc) is 3.10. The molecule has 0 N–H and O–H groups in total. The van der Waals surface area contributed by atoms with Crippen molar-refractivity contribution in [2.45, 2.75) is 18.4 Å². The molecule has 21 heavy (non-hydrogen) atoms. The number of nitrogens with zero attached hydrogens (tertiary/aromatic N) is 2. The zero-order valence-corrected chi connectivity index (χ0v) is 11.4. The molecule has 0 radical (unpaired) electrons. The van der Waals surface area contributed by atoms with Crippen molar-refractivity contribution in [2.75, 3.05) is 6.61 Å². The second-order valence-electron chi connectivity index (χ2n) is 5.57. The van der Waals surface area contributed by atoms with Crippen LogP contribution in [-0.2, 0) is 21.8 Å². The summed E-state index contributed by atoms with van der Waals surface area (Å²) in [5.74, 6) is -0.00734. The lowest BCUT2D eigenvalue weighted by Gasteiger charge is -2.32. The molecule has 2 aliphatic rings. The van der Waals surface area contributed by atoms with Gasteiger partial charge in [0.2, 0.25) is 0 Å². The molecule has 0 amide bonds. The van der Waals surface area contributed by atoms with Crippen molar-refractivity contribution in [2.24, 2.45) is 0 Å². The number of imidazole rings is 1. The van der Waals surface area contributed by atoms with E-state index in [-0.39, 0.29) is 6.10 Å². The monoisotopic (exact) mass is 278 g/mol. The number of hydrogen-bond donors (Lipinski definition) is 0. The third-order valence-corrected chi connectivity index (χ3v) is 4.29. The lowest BCUT2D eigenvalue weighted by atomic mass is 10.0. The van der Waals surface area contributed by atoms with Crippen molar-refractivity contribution in [3.05, 3.63) is 66.0 Å². The van der Waals surface area contributed by atoms with Crippen LogP contribution in [0.5, 0.6) is 0 Å². The van der Waals surface area contributed by atoms with Crippen LogP contribution in [0, 0.1) is 0 Å². The summed E-state index contributed by atoms with van der Waals surface area (Å²) in [4.78, 5) is 4.79. The van der Waals surface area contributed by atoms with E-state index in [1.807, 2.05) is 48.5 Å². The van der Waals surface area contributed by atoms with Crippen LogP contribution in [0.15, 0.2) is 54.6 Å². The molecule has 4 nitrogen and oxygen atoms in total. The molecule has 5 rings (SSSR count). The normalized spacial score (nSPS) is 27.0. The summed E-state index contributed by atoms with van der Waals surface area (Å²) in [6, 6.07) is 18.3. The fraction of sp³-hybridized carbons (Fsp3) is 0.235. The van der Waals surface area contributed by atoms with Gasteiger partial charge in [0.25, 0.3) is 5.79 Å². The molecule has 0 spiro atoms. The zero-order chi connectivity index (χ0) is 13.9. The predicted molar refractivity (Wildman–Crippen MR) is 77.8 cm³/mol. The minimum atomic E-state index is -0.858. The van der Waals surface area contributed by atoms with Crippen LogP contribution in [-0.4, -0.2) is 22.3 Å². The minimum Gasteiger partial charge on any atom is -0.337 e. The first-order valence-corrected chi connectivity index (χ1v) is 7.20. The van der Waals surface area contributed by atoms with Crippen molar-refractivity contribution < 1.29 is 9.47 Å². The molecule has 2 aromatic carbocycles. The minimum absolute atomic E-state index is 0.0790. The van der Waals surface area contributed by atoms with Gasteiger partial charge in [-0.05, 0) is 12.1 Å². The summed E-state index contributed by atoms with van der Waals surface area (Å²) in [5.41, 5.74) is 3.14. The maximum atomic E-state index is 6.22. The number of hydrogen-bond acceptors (Lipinski definition) is 3. The van der Waals surface area contributed by atoms with Gasteiger partial charge in [-0.3, -0.25) is 0 Å². The smallest absolute Gasteiger partial charge is 0.256 e. The van der Waals surface area contributed by atoms with Crippen LogP contribution in [0.4, 0.5) is 0 Å². The molecule has 3 heterocycles. The summed E-state index contributed by atoms with van der Waals surface area (Å²) in [5, 5.41) is 0. The molecule has 3 aromatic rings. The molecule has 0 saturated carbocycles. The predicted octanol–water partition coefficient (Wildman–Crippen LogP) is 2.67. The van der Waals surface area contributed by atoms with Gasteiger partial charge in [0.1, 0.15) is 6.10 Å². The third-order valence-electron chi connectivity index (χ3n) is 4.29. The van der Waals surface area contributed by atoms with Crippen LogP contribution in [0.3, 0.4) is 0 Å². The molecule has 0 unspecified atom stereocenters. The lowest BCUT2D eigenvalue weighted by Crippen LogP contribution is -2.38. The quantitative estimate of drug-likeness (QED) is 0.686. The second-order valence-corrected chi connectivity index (χ2v) is 5.57. The Kier molecular flexibility index (Phi) is 2.15. The SMILES string of the molecule is c1ccc([C@@]23OC[C@@H](Cn4c2nc2ccccc24)O3)cc1. The Bertz CT molecular complexity index is 827. The van der Waals surface area contributed by atoms with Gasteiger partial charge in [-0.1, -0.05) is 42.5 Å². The highest BCUT2D eigenvalue weighted by Gasteiger charge is 2.52. The number of fused-ring (bicyclic) bond motifs is 6. The molecular formula is C17H14N2O2. The fourth-order valence-electron chi connectivity index (χ4n) is 3.37. The average molecular weight is 278 g/mol. The Morgan fingerprint density at radius 2 is 1.86 bits per heavy atom. The van der Waals surface area contributed by atoms with Gasteiger partial charge >= 0.3 is 0 Å². The van der Waals surface area contributed by atoms with Gasteiger partial charge in [0.15, 0.2) is 5.82 Å². The van der Waals surface area contributed by atoms with E-state index in [4.69, 9.17) is 14.5 Å². The Morgan fingerprint density at radius 3 is 2.76 bits per heavy atom. The van der Waals surface area contributed by atoms with Gasteiger partial charge < -0.3 is 14.0 Å². The van der Waals surface area contributed by atoms with E-state index in [0.717, 1.165) is 29.0 Å². The maximum Gasteiger partial charge on any atom is 0.256 e. The second kappa shape index (κ2) is 3.93. The van der Waals surface area contributed by atoms with Crippen molar-refractivity contribution >= 4 is 11.0 Å². The highest BCUT2D eigenvalue weighted by molar-refractivity contribution is 5.76. The topological polar surface area (TPSA) is 36.3 Å². The van der Waals surface area contributed by atoms with E-state index in [2.05, 4.69) is 10.6 Å². The van der Waals surface area contributed by atoms with E-state index in [1.165, 1.54) is 0 Å². The molecule has 1 saturated heterocycles. The van der Waals surface area contributed by atoms with Crippen LogP contribution in [0.1, 0.15) is 11.4 Å². The van der Waals surface area contributed by atoms with E-state index < -0.39 is 5.79 Å². The Morgan fingerprint density at radius 1 is 1.05 bits per heavy atom. The van der Waals surface area contributed by atoms with E-state index in [1.54, 1.807) is 0 Å². The highest BCUT2D eigenvalue weighted by atomic mass is 16.7. The van der Waals surface area contributed by atoms with Gasteiger partial charge in [0, 0.05) is 5.56 Å². The summed E-state index contributed by atoms with van der Waals surface area (Å²) >= 11 is 0. The molecular weight excluding hydrogens is 264 g/mol. The molecule has 2 atom stereocenters. The number of ether oxygens (including phenoxy) is 2. The Balaban J connectivity index is 1.82. The highest BCUT2D eigenvalue weighted by Crippen LogP contribution is 2.44.